The number of nitrogens with two attached hydrogens (primary N) is 6. The van der Waals surface area contributed by atoms with Gasteiger partial charge in [0, 0.05) is 92.4 Å². The molecule has 0 saturated carbocycles. The molecule has 1 heterocycles. The highest BCUT2D eigenvalue weighted by Crippen LogP contribution is 2.26. The topological polar surface area (TPSA) is 398 Å². The number of amides is 5. The van der Waals surface area contributed by atoms with E-state index in [1.165, 1.54) is 11.8 Å². The number of nitrogens with one attached hydrogen (secondary N) is 5. The van der Waals surface area contributed by atoms with Crippen LogP contribution in [0.25, 0.3) is 10.9 Å². The van der Waals surface area contributed by atoms with Crippen LogP contribution in [0.2, 0.25) is 0 Å². The van der Waals surface area contributed by atoms with E-state index in [1.54, 1.807) is 13.1 Å². The largest absolute Gasteiger partial charge is 0.370 e. The number of aromatic amines is 1. The Morgan fingerprint density at radius 1 is 0.576 bits per heavy atom. The van der Waals surface area contributed by atoms with Crippen molar-refractivity contribution in [2.24, 2.45) is 79.9 Å². The van der Waals surface area contributed by atoms with E-state index in [0.717, 1.165) is 22.0 Å². The molecule has 23 heteroatoms. The number of rotatable bonds is 44. The maximum atomic E-state index is 15.1. The number of aromatic nitrogens is 1. The van der Waals surface area contributed by atoms with Crippen molar-refractivity contribution >= 4 is 87.3 Å². The van der Waals surface area contributed by atoms with E-state index >= 15 is 4.79 Å². The quantitative estimate of drug-likeness (QED) is 0.0215. The molecular weight excluding hydrogens is 1100 g/mol. The van der Waals surface area contributed by atoms with Crippen molar-refractivity contribution in [2.75, 3.05) is 31.6 Å². The van der Waals surface area contributed by atoms with Gasteiger partial charge in [-0.15, -0.1) is 0 Å². The van der Waals surface area contributed by atoms with Crippen LogP contribution in [0.5, 0.6) is 0 Å². The van der Waals surface area contributed by atoms with Gasteiger partial charge in [0.25, 0.3) is 0 Å². The molecule has 0 bridgehead atoms. The number of carbonyl (C=O) groups is 9. The van der Waals surface area contributed by atoms with E-state index in [-0.39, 0.29) is 138 Å². The number of guanidine groups is 2. The zero-order chi connectivity index (χ0) is 63.0. The lowest BCUT2D eigenvalue weighted by Gasteiger charge is -2.27. The van der Waals surface area contributed by atoms with Crippen LogP contribution in [0, 0.1) is 35.5 Å². The summed E-state index contributed by atoms with van der Waals surface area (Å²) in [7, 11) is 0. The van der Waals surface area contributed by atoms with Gasteiger partial charge in [-0.05, 0) is 105 Å². The second-order valence-electron chi connectivity index (χ2n) is 22.7. The van der Waals surface area contributed by atoms with Gasteiger partial charge in [-0.25, -0.2) is 0 Å². The number of aliphatic imine (C=N–C) groups is 2. The van der Waals surface area contributed by atoms with E-state index in [2.05, 4.69) is 36.2 Å². The normalized spacial score (nSPS) is 14.5. The maximum Gasteiger partial charge on any atom is 0.224 e. The summed E-state index contributed by atoms with van der Waals surface area (Å²) < 4.78 is 0. The first-order valence-corrected chi connectivity index (χ1v) is 31.4. The zero-order valence-electron chi connectivity index (χ0n) is 50.8. The van der Waals surface area contributed by atoms with Crippen LogP contribution in [0.3, 0.4) is 0 Å². The fraction of sp³-hybridized carbons (Fsp3) is 0.597. The van der Waals surface area contributed by atoms with Crippen molar-refractivity contribution in [3.63, 3.8) is 0 Å². The molecule has 85 heavy (non-hydrogen) atoms. The molecule has 5 amide bonds. The number of unbranched alkanes of at least 4 members (excludes halogenated alkanes) is 1. The molecule has 3 aromatic rings. The Labute approximate surface area is 506 Å². The number of benzene rings is 2. The van der Waals surface area contributed by atoms with Gasteiger partial charge in [0.05, 0.1) is 24.2 Å². The van der Waals surface area contributed by atoms with Gasteiger partial charge >= 0.3 is 0 Å². The third-order valence-corrected chi connectivity index (χ3v) is 16.1. The van der Waals surface area contributed by atoms with Gasteiger partial charge in [-0.2, -0.15) is 11.8 Å². The van der Waals surface area contributed by atoms with Gasteiger partial charge in [0.2, 0.25) is 29.5 Å². The molecule has 0 saturated heterocycles. The number of H-pyrrole nitrogens is 1. The summed E-state index contributed by atoms with van der Waals surface area (Å²) in [5.74, 6) is -7.95. The van der Waals surface area contributed by atoms with Crippen molar-refractivity contribution in [3.8, 4) is 0 Å². The predicted molar refractivity (Wildman–Crippen MR) is 336 cm³/mol. The Balaban J connectivity index is 2.04. The minimum absolute atomic E-state index is 0.0207. The highest BCUT2D eigenvalue weighted by Gasteiger charge is 2.36. The monoisotopic (exact) mass is 1200 g/mol. The Morgan fingerprint density at radius 2 is 1.08 bits per heavy atom. The highest BCUT2D eigenvalue weighted by molar-refractivity contribution is 7.98. The van der Waals surface area contributed by atoms with Crippen LogP contribution >= 0.6 is 11.8 Å². The molecule has 0 radical (unpaired) electrons. The number of carbonyl (C=O) groups excluding carboxylic acids is 9. The van der Waals surface area contributed by atoms with E-state index < -0.39 is 83.0 Å². The van der Waals surface area contributed by atoms with E-state index in [9.17, 15) is 38.4 Å². The molecule has 470 valence electrons. The van der Waals surface area contributed by atoms with Crippen LogP contribution in [0.1, 0.15) is 142 Å². The number of fused-ring (bicyclic) bond motifs is 1. The van der Waals surface area contributed by atoms with Crippen LogP contribution < -0.4 is 55.7 Å². The number of hydrogen-bond acceptors (Lipinski definition) is 13. The zero-order valence-corrected chi connectivity index (χ0v) is 51.7. The number of hydrogen-bond donors (Lipinski definition) is 11. The highest BCUT2D eigenvalue weighted by atomic mass is 32.2. The van der Waals surface area contributed by atoms with Crippen molar-refractivity contribution < 1.29 is 43.2 Å². The summed E-state index contributed by atoms with van der Waals surface area (Å²) in [4.78, 5) is 139. The smallest absolute Gasteiger partial charge is 0.224 e. The lowest BCUT2D eigenvalue weighted by atomic mass is 9.84. The molecule has 2 aromatic carbocycles. The third kappa shape index (κ3) is 26.3. The predicted octanol–water partition coefficient (Wildman–Crippen LogP) is 4.17. The number of Topliss-reactive ketones (excluding diaryl/α,β-unsaturated/α-hetero) is 4. The second-order valence-corrected chi connectivity index (χ2v) is 23.7. The first-order valence-electron chi connectivity index (χ1n) is 30.0. The lowest BCUT2D eigenvalue weighted by molar-refractivity contribution is -0.136. The number of nitrogens with zero attached hydrogens (tertiary/aromatic N) is 2. The van der Waals surface area contributed by atoms with E-state index in [1.807, 2.05) is 88.5 Å². The van der Waals surface area contributed by atoms with Crippen LogP contribution in [0.4, 0.5) is 0 Å². The Bertz CT molecular complexity index is 2690. The van der Waals surface area contributed by atoms with Crippen molar-refractivity contribution in [2.45, 2.75) is 168 Å². The standard InChI is InChI=1S/C62H97N13O9S/c1-7-39(5)46(57(64)81)36-55(79)50(31-40-18-10-9-11-19-40)74-59(83)42(25-29-85-6)34-54(78)51(32-44-37-71-47-22-13-12-21-45(44)47)75-58(82)41(20-14-15-26-63)33-52(76)49(24-17-28-70-62(67)68)73-60(84)43(30-38(3)4)35-53(77)48(72-56(80)8-2)23-16-27-69-61(65)66/h9-13,18-19,21-22,37-39,41-43,46,48-51,71H,7-8,14-17,20,23-36,63H2,1-6H3,(H2,64,81)(H,72,80)(H,73,84)(H,74,83)(H,75,82)(H4,65,66,69)(H4,67,68,70)/t39-,41+,42+,43+,46-,48-,49-,50-,51-/m0/s1. The van der Waals surface area contributed by atoms with Gasteiger partial charge in [-0.3, -0.25) is 53.1 Å². The van der Waals surface area contributed by atoms with Crippen molar-refractivity contribution in [3.05, 3.63) is 71.9 Å². The molecule has 0 aliphatic heterocycles. The molecule has 0 unspecified atom stereocenters. The summed E-state index contributed by atoms with van der Waals surface area (Å²) in [5.41, 5.74) is 36.3. The third-order valence-electron chi connectivity index (χ3n) is 15.4. The molecule has 22 nitrogen and oxygen atoms in total. The summed E-state index contributed by atoms with van der Waals surface area (Å²) in [6, 6.07) is 12.4. The number of ketones is 4. The van der Waals surface area contributed by atoms with Crippen molar-refractivity contribution in [1.29, 1.82) is 0 Å². The number of thioether (sulfide) groups is 1. The minimum Gasteiger partial charge on any atom is -0.370 e. The molecule has 3 rings (SSSR count). The van der Waals surface area contributed by atoms with Gasteiger partial charge in [0.1, 0.15) is 0 Å². The summed E-state index contributed by atoms with van der Waals surface area (Å²) in [6.45, 7) is 9.88. The number of para-hydroxylation sites is 1. The Kier molecular flexibility index (Phi) is 32.9. The SMILES string of the molecule is CCC(=O)N[C@@H](CCCN=C(N)N)C(=O)C[C@@H](CC(C)C)C(=O)N[C@@H](CCCN=C(N)N)C(=O)C[C@@H](CCCCN)C(=O)N[C@@H](Cc1c[nH]c2ccccc12)C(=O)C[C@@H](CCSC)C(=O)N[C@@H](Cc1ccccc1)C(=O)C[C@H](C(N)=O)[C@@H](C)CC. The van der Waals surface area contributed by atoms with Gasteiger partial charge in [-0.1, -0.05) is 96.0 Å². The summed E-state index contributed by atoms with van der Waals surface area (Å²) in [5, 5.41) is 12.5. The maximum absolute atomic E-state index is 15.1. The molecule has 0 aliphatic carbocycles. The molecule has 17 N–H and O–H groups in total. The summed E-state index contributed by atoms with van der Waals surface area (Å²) in [6.07, 6.45) is 6.06. The second kappa shape index (κ2) is 38.7. The fourth-order valence-corrected chi connectivity index (χ4v) is 10.9. The first kappa shape index (κ1) is 72.1. The van der Waals surface area contributed by atoms with E-state index in [0.29, 0.717) is 38.0 Å². The van der Waals surface area contributed by atoms with Gasteiger partial charge < -0.3 is 60.7 Å². The van der Waals surface area contributed by atoms with Crippen molar-refractivity contribution in [1.82, 2.24) is 26.3 Å². The molecule has 0 fully saturated rings. The van der Waals surface area contributed by atoms with Crippen LogP contribution in [-0.2, 0) is 56.0 Å². The molecule has 9 atom stereocenters. The number of primary amides is 1. The average molecular weight is 1200 g/mol. The molecule has 0 aliphatic rings. The molecular formula is C62H97N13O9S. The lowest BCUT2D eigenvalue weighted by Crippen LogP contribution is -2.49. The minimum atomic E-state index is -1.20. The Hall–Kier alpha value is -7.14. The van der Waals surface area contributed by atoms with Gasteiger partial charge in [0.15, 0.2) is 35.1 Å². The average Bonchev–Trinajstić information content (AvgIpc) is 4.17. The first-order chi connectivity index (χ1) is 40.5. The van der Waals surface area contributed by atoms with E-state index in [4.69, 9.17) is 34.4 Å². The molecule has 1 aromatic heterocycles. The van der Waals surface area contributed by atoms with Crippen LogP contribution in [0.15, 0.2) is 70.8 Å². The fourth-order valence-electron chi connectivity index (χ4n) is 10.3. The Morgan fingerprint density at radius 3 is 1.62 bits per heavy atom. The molecule has 0 spiro atoms. The van der Waals surface area contributed by atoms with Crippen LogP contribution in [-0.4, -0.2) is 125 Å². The summed E-state index contributed by atoms with van der Waals surface area (Å²) >= 11 is 1.48.